The van der Waals surface area contributed by atoms with Crippen molar-refractivity contribution in [2.45, 2.75) is 76.8 Å². The zero-order valence-corrected chi connectivity index (χ0v) is 18.6. The summed E-state index contributed by atoms with van der Waals surface area (Å²) < 4.78 is 0. The molecule has 6 nitrogen and oxygen atoms in total. The molecule has 1 saturated heterocycles. The van der Waals surface area contributed by atoms with Crippen LogP contribution in [0.4, 0.5) is 0 Å². The molecule has 2 aliphatic carbocycles. The number of aryl methyl sites for hydroxylation is 1. The van der Waals surface area contributed by atoms with Gasteiger partial charge in [0.2, 0.25) is 11.8 Å². The highest BCUT2D eigenvalue weighted by molar-refractivity contribution is 5.95. The second-order valence-electron chi connectivity index (χ2n) is 9.55. The number of carbonyl (C=O) groups excluding carboxylic acids is 3. The number of nitrogens with zero attached hydrogens (tertiary/aromatic N) is 1. The van der Waals surface area contributed by atoms with E-state index in [4.69, 9.17) is 0 Å². The van der Waals surface area contributed by atoms with Crippen molar-refractivity contribution >= 4 is 17.7 Å². The van der Waals surface area contributed by atoms with Gasteiger partial charge in [0.05, 0.1) is 5.92 Å². The third-order valence-electron chi connectivity index (χ3n) is 7.36. The molecule has 1 aliphatic heterocycles. The van der Waals surface area contributed by atoms with Gasteiger partial charge in [0.15, 0.2) is 0 Å². The maximum atomic E-state index is 13.1. The van der Waals surface area contributed by atoms with E-state index in [0.717, 1.165) is 69.9 Å². The van der Waals surface area contributed by atoms with Gasteiger partial charge in [-0.2, -0.15) is 0 Å². The van der Waals surface area contributed by atoms with Gasteiger partial charge in [-0.1, -0.05) is 37.5 Å². The van der Waals surface area contributed by atoms with Crippen molar-refractivity contribution in [2.24, 2.45) is 11.8 Å². The lowest BCUT2D eigenvalue weighted by Gasteiger charge is -2.38. The minimum Gasteiger partial charge on any atom is -0.351 e. The second kappa shape index (κ2) is 9.84. The van der Waals surface area contributed by atoms with Crippen molar-refractivity contribution in [3.8, 4) is 0 Å². The SMILES string of the molecule is Cc1ccccc1C(=O)N[C@@H]1CCCC[C@H]1NC(=O)[C@H]1CCCN(C(=O)C2CCC2)C1. The summed E-state index contributed by atoms with van der Waals surface area (Å²) in [6.07, 6.45) is 8.71. The molecule has 0 spiro atoms. The van der Waals surface area contributed by atoms with E-state index < -0.39 is 0 Å². The minimum atomic E-state index is -0.146. The molecule has 4 rings (SSSR count). The van der Waals surface area contributed by atoms with Gasteiger partial charge in [-0.3, -0.25) is 14.4 Å². The van der Waals surface area contributed by atoms with E-state index >= 15 is 0 Å². The molecule has 3 amide bonds. The van der Waals surface area contributed by atoms with Gasteiger partial charge in [-0.05, 0) is 57.1 Å². The third kappa shape index (κ3) is 5.10. The first-order valence-corrected chi connectivity index (χ1v) is 12.0. The van der Waals surface area contributed by atoms with Crippen LogP contribution in [0.15, 0.2) is 24.3 Å². The average molecular weight is 426 g/mol. The van der Waals surface area contributed by atoms with Crippen molar-refractivity contribution in [3.63, 3.8) is 0 Å². The fourth-order valence-corrected chi connectivity index (χ4v) is 5.16. The molecule has 1 heterocycles. The van der Waals surface area contributed by atoms with Crippen molar-refractivity contribution in [2.75, 3.05) is 13.1 Å². The second-order valence-corrected chi connectivity index (χ2v) is 9.55. The first-order valence-electron chi connectivity index (χ1n) is 12.0. The quantitative estimate of drug-likeness (QED) is 0.760. The van der Waals surface area contributed by atoms with Crippen LogP contribution >= 0.6 is 0 Å². The maximum Gasteiger partial charge on any atom is 0.251 e. The number of hydrogen-bond acceptors (Lipinski definition) is 3. The molecule has 3 fully saturated rings. The van der Waals surface area contributed by atoms with E-state index in [0.29, 0.717) is 12.1 Å². The molecule has 6 heteroatoms. The molecule has 1 aromatic rings. The zero-order chi connectivity index (χ0) is 21.8. The Morgan fingerprint density at radius 3 is 2.19 bits per heavy atom. The summed E-state index contributed by atoms with van der Waals surface area (Å²) in [5, 5.41) is 6.41. The summed E-state index contributed by atoms with van der Waals surface area (Å²) in [6, 6.07) is 7.49. The molecule has 0 unspecified atom stereocenters. The number of carbonyl (C=O) groups is 3. The maximum absolute atomic E-state index is 13.1. The number of rotatable bonds is 5. The first kappa shape index (κ1) is 21.8. The largest absolute Gasteiger partial charge is 0.351 e. The van der Waals surface area contributed by atoms with Crippen molar-refractivity contribution in [3.05, 3.63) is 35.4 Å². The molecule has 3 atom stereocenters. The van der Waals surface area contributed by atoms with Crippen LogP contribution in [-0.4, -0.2) is 47.8 Å². The smallest absolute Gasteiger partial charge is 0.251 e. The Labute approximate surface area is 185 Å². The lowest BCUT2D eigenvalue weighted by molar-refractivity contribution is -0.141. The molecule has 0 radical (unpaired) electrons. The molecular formula is C25H35N3O3. The highest BCUT2D eigenvalue weighted by Crippen LogP contribution is 2.30. The van der Waals surface area contributed by atoms with Gasteiger partial charge in [0.25, 0.3) is 5.91 Å². The normalized spacial score (nSPS) is 26.6. The van der Waals surface area contributed by atoms with Crippen molar-refractivity contribution < 1.29 is 14.4 Å². The third-order valence-corrected chi connectivity index (χ3v) is 7.36. The zero-order valence-electron chi connectivity index (χ0n) is 18.6. The summed E-state index contributed by atoms with van der Waals surface area (Å²) in [4.78, 5) is 40.4. The summed E-state index contributed by atoms with van der Waals surface area (Å²) in [5.41, 5.74) is 1.64. The lowest BCUT2D eigenvalue weighted by Crippen LogP contribution is -2.56. The Kier molecular flexibility index (Phi) is 6.93. The van der Waals surface area contributed by atoms with Gasteiger partial charge < -0.3 is 15.5 Å². The van der Waals surface area contributed by atoms with Gasteiger partial charge in [-0.15, -0.1) is 0 Å². The summed E-state index contributed by atoms with van der Waals surface area (Å²) in [6.45, 7) is 3.25. The monoisotopic (exact) mass is 425 g/mol. The van der Waals surface area contributed by atoms with Gasteiger partial charge in [0, 0.05) is 36.7 Å². The Bertz CT molecular complexity index is 820. The topological polar surface area (TPSA) is 78.5 Å². The van der Waals surface area contributed by atoms with Crippen LogP contribution in [0.25, 0.3) is 0 Å². The predicted octanol–water partition coefficient (Wildman–Crippen LogP) is 3.19. The Morgan fingerprint density at radius 2 is 1.52 bits per heavy atom. The van der Waals surface area contributed by atoms with E-state index in [9.17, 15) is 14.4 Å². The molecule has 3 aliphatic rings. The number of nitrogens with one attached hydrogen (secondary N) is 2. The van der Waals surface area contributed by atoms with E-state index in [-0.39, 0.29) is 41.6 Å². The number of likely N-dealkylation sites (tertiary alicyclic amines) is 1. The lowest BCUT2D eigenvalue weighted by atomic mass is 9.83. The molecule has 1 aromatic carbocycles. The van der Waals surface area contributed by atoms with Crippen molar-refractivity contribution in [1.82, 2.24) is 15.5 Å². The highest BCUT2D eigenvalue weighted by atomic mass is 16.2. The summed E-state index contributed by atoms with van der Waals surface area (Å²) in [7, 11) is 0. The van der Waals surface area contributed by atoms with Gasteiger partial charge in [-0.25, -0.2) is 0 Å². The van der Waals surface area contributed by atoms with E-state index in [1.165, 1.54) is 0 Å². The summed E-state index contributed by atoms with van der Waals surface area (Å²) in [5.74, 6) is 0.241. The fourth-order valence-electron chi connectivity index (χ4n) is 5.16. The van der Waals surface area contributed by atoms with Crippen LogP contribution in [0.2, 0.25) is 0 Å². The molecule has 0 bridgehead atoms. The van der Waals surface area contributed by atoms with Crippen molar-refractivity contribution in [1.29, 1.82) is 0 Å². The standard InChI is InChI=1S/C25H35N3O3/c1-17-8-2-3-12-20(17)24(30)27-22-14-5-4-13-21(22)26-23(29)19-11-7-15-28(16-19)25(31)18-9-6-10-18/h2-3,8,12,18-19,21-22H,4-7,9-11,13-16H2,1H3,(H,26,29)(H,27,30)/t19-,21+,22+/m0/s1. The molecule has 31 heavy (non-hydrogen) atoms. The molecule has 2 saturated carbocycles. The van der Waals surface area contributed by atoms with Crippen LogP contribution in [0, 0.1) is 18.8 Å². The number of amides is 3. The van der Waals surface area contributed by atoms with E-state index in [2.05, 4.69) is 10.6 Å². The van der Waals surface area contributed by atoms with Crippen LogP contribution in [0.1, 0.15) is 73.7 Å². The average Bonchev–Trinajstić information content (AvgIpc) is 2.74. The van der Waals surface area contributed by atoms with Crippen LogP contribution in [0.5, 0.6) is 0 Å². The Balaban J connectivity index is 1.35. The van der Waals surface area contributed by atoms with Gasteiger partial charge >= 0.3 is 0 Å². The predicted molar refractivity (Wildman–Crippen MR) is 119 cm³/mol. The Morgan fingerprint density at radius 1 is 0.839 bits per heavy atom. The Hall–Kier alpha value is -2.37. The molecule has 0 aromatic heterocycles. The first-order chi connectivity index (χ1) is 15.0. The van der Waals surface area contributed by atoms with Crippen LogP contribution in [0.3, 0.4) is 0 Å². The summed E-state index contributed by atoms with van der Waals surface area (Å²) >= 11 is 0. The van der Waals surface area contributed by atoms with E-state index in [1.54, 1.807) is 0 Å². The number of hydrogen-bond donors (Lipinski definition) is 2. The highest BCUT2D eigenvalue weighted by Gasteiger charge is 2.36. The molecular weight excluding hydrogens is 390 g/mol. The number of benzene rings is 1. The molecule has 168 valence electrons. The van der Waals surface area contributed by atoms with Crippen LogP contribution < -0.4 is 10.6 Å². The number of piperidine rings is 1. The van der Waals surface area contributed by atoms with Crippen LogP contribution in [-0.2, 0) is 9.59 Å². The minimum absolute atomic E-state index is 0.0353. The van der Waals surface area contributed by atoms with E-state index in [1.807, 2.05) is 36.1 Å². The van der Waals surface area contributed by atoms with Gasteiger partial charge in [0.1, 0.15) is 0 Å². The fraction of sp³-hybridized carbons (Fsp3) is 0.640. The molecule has 2 N–H and O–H groups in total.